The van der Waals surface area contributed by atoms with Gasteiger partial charge >= 0.3 is 5.97 Å². The summed E-state index contributed by atoms with van der Waals surface area (Å²) in [6, 6.07) is 7.31. The zero-order chi connectivity index (χ0) is 15.2. The molecule has 0 fully saturated rings. The largest absolute Gasteiger partial charge is 0.478 e. The normalized spacial score (nSPS) is 10.7. The van der Waals surface area contributed by atoms with Crippen LogP contribution in [0.4, 0.5) is 0 Å². The van der Waals surface area contributed by atoms with E-state index in [9.17, 15) is 9.59 Å². The van der Waals surface area contributed by atoms with Gasteiger partial charge in [-0.3, -0.25) is 4.79 Å². The van der Waals surface area contributed by atoms with Crippen molar-refractivity contribution in [1.29, 1.82) is 0 Å². The minimum Gasteiger partial charge on any atom is -0.478 e. The first-order chi connectivity index (χ1) is 10.1. The average molecular weight is 303 g/mol. The lowest BCUT2D eigenvalue weighted by Gasteiger charge is -2.15. The zero-order valence-corrected chi connectivity index (χ0v) is 12.1. The summed E-state index contributed by atoms with van der Waals surface area (Å²) in [4.78, 5) is 24.0. The van der Waals surface area contributed by atoms with Crippen LogP contribution in [-0.2, 0) is 11.3 Å². The molecule has 0 bridgehead atoms. The van der Waals surface area contributed by atoms with Crippen molar-refractivity contribution in [2.24, 2.45) is 0 Å². The Labute approximate surface area is 125 Å². The highest BCUT2D eigenvalue weighted by Crippen LogP contribution is 2.10. The van der Waals surface area contributed by atoms with E-state index in [1.807, 2.05) is 12.1 Å². The standard InChI is InChI=1S/C14H13N3O3S/c1-17(14(20)12-9-21-16-15-12)8-11-4-2-10(3-5-11)6-7-13(18)19/h2-7,9H,8H2,1H3,(H,18,19). The van der Waals surface area contributed by atoms with E-state index in [0.717, 1.165) is 28.7 Å². The Bertz CT molecular complexity index is 651. The summed E-state index contributed by atoms with van der Waals surface area (Å²) in [5.41, 5.74) is 2.07. The minimum atomic E-state index is -0.985. The molecule has 1 aromatic heterocycles. The van der Waals surface area contributed by atoms with E-state index >= 15 is 0 Å². The van der Waals surface area contributed by atoms with Gasteiger partial charge in [-0.2, -0.15) is 0 Å². The maximum Gasteiger partial charge on any atom is 0.328 e. The molecule has 0 atom stereocenters. The molecule has 0 spiro atoms. The fourth-order valence-electron chi connectivity index (χ4n) is 1.70. The quantitative estimate of drug-likeness (QED) is 0.853. The van der Waals surface area contributed by atoms with Crippen molar-refractivity contribution >= 4 is 29.5 Å². The molecule has 1 N–H and O–H groups in total. The second kappa shape index (κ2) is 6.76. The van der Waals surface area contributed by atoms with Gasteiger partial charge in [-0.05, 0) is 28.7 Å². The van der Waals surface area contributed by atoms with Crippen LogP contribution in [0, 0.1) is 0 Å². The number of carboxylic acids is 1. The van der Waals surface area contributed by atoms with Gasteiger partial charge in [-0.15, -0.1) is 5.10 Å². The van der Waals surface area contributed by atoms with E-state index in [0.29, 0.717) is 12.2 Å². The number of carbonyl (C=O) groups excluding carboxylic acids is 1. The molecule has 0 saturated heterocycles. The van der Waals surface area contributed by atoms with Crippen LogP contribution in [0.2, 0.25) is 0 Å². The average Bonchev–Trinajstić information content (AvgIpc) is 2.99. The molecule has 1 amide bonds. The van der Waals surface area contributed by atoms with Crippen LogP contribution in [0.1, 0.15) is 21.6 Å². The van der Waals surface area contributed by atoms with Crippen LogP contribution in [0.25, 0.3) is 6.08 Å². The molecule has 0 aliphatic rings. The Kier molecular flexibility index (Phi) is 4.78. The maximum atomic E-state index is 12.0. The zero-order valence-electron chi connectivity index (χ0n) is 11.3. The molecule has 2 rings (SSSR count). The molecular weight excluding hydrogens is 290 g/mol. The van der Waals surface area contributed by atoms with Gasteiger partial charge in [0.2, 0.25) is 0 Å². The highest BCUT2D eigenvalue weighted by Gasteiger charge is 2.14. The van der Waals surface area contributed by atoms with Crippen molar-refractivity contribution in [3.8, 4) is 0 Å². The molecule has 2 aromatic rings. The fourth-order valence-corrected chi connectivity index (χ4v) is 2.13. The van der Waals surface area contributed by atoms with Crippen molar-refractivity contribution in [3.63, 3.8) is 0 Å². The minimum absolute atomic E-state index is 0.182. The van der Waals surface area contributed by atoms with Gasteiger partial charge in [0, 0.05) is 25.0 Å². The number of hydrogen-bond donors (Lipinski definition) is 1. The summed E-state index contributed by atoms with van der Waals surface area (Å²) in [5, 5.41) is 13.9. The highest BCUT2D eigenvalue weighted by atomic mass is 32.1. The van der Waals surface area contributed by atoms with Crippen LogP contribution in [0.3, 0.4) is 0 Å². The molecule has 108 valence electrons. The lowest BCUT2D eigenvalue weighted by molar-refractivity contribution is -0.131. The SMILES string of the molecule is CN(Cc1ccc(C=CC(=O)O)cc1)C(=O)c1csnn1. The first-order valence-electron chi connectivity index (χ1n) is 6.09. The number of nitrogens with zero attached hydrogens (tertiary/aromatic N) is 3. The number of aromatic nitrogens is 2. The molecule has 0 saturated carbocycles. The smallest absolute Gasteiger partial charge is 0.328 e. The van der Waals surface area contributed by atoms with Crippen molar-refractivity contribution in [3.05, 3.63) is 52.5 Å². The number of hydrogen-bond acceptors (Lipinski definition) is 5. The van der Waals surface area contributed by atoms with Crippen molar-refractivity contribution < 1.29 is 14.7 Å². The number of rotatable bonds is 5. The molecule has 21 heavy (non-hydrogen) atoms. The molecule has 7 heteroatoms. The van der Waals surface area contributed by atoms with Gasteiger partial charge in [0.1, 0.15) is 0 Å². The van der Waals surface area contributed by atoms with Crippen molar-refractivity contribution in [2.45, 2.75) is 6.54 Å². The van der Waals surface area contributed by atoms with Crippen molar-refractivity contribution in [1.82, 2.24) is 14.5 Å². The van der Waals surface area contributed by atoms with Gasteiger partial charge in [0.25, 0.3) is 5.91 Å². The molecule has 0 aliphatic carbocycles. The first-order valence-corrected chi connectivity index (χ1v) is 6.92. The Morgan fingerprint density at radius 1 is 1.33 bits per heavy atom. The maximum absolute atomic E-state index is 12.0. The summed E-state index contributed by atoms with van der Waals surface area (Å²) in [5.74, 6) is -1.17. The van der Waals surface area contributed by atoms with Crippen LogP contribution in [-0.4, -0.2) is 38.5 Å². The van der Waals surface area contributed by atoms with Crippen LogP contribution < -0.4 is 0 Å². The molecule has 1 aromatic carbocycles. The lowest BCUT2D eigenvalue weighted by atomic mass is 10.1. The van der Waals surface area contributed by atoms with Crippen LogP contribution in [0.15, 0.2) is 35.7 Å². The van der Waals surface area contributed by atoms with Gasteiger partial charge in [-0.25, -0.2) is 4.79 Å². The van der Waals surface area contributed by atoms with Gasteiger partial charge in [0.15, 0.2) is 5.69 Å². The van der Waals surface area contributed by atoms with E-state index in [-0.39, 0.29) is 5.91 Å². The highest BCUT2D eigenvalue weighted by molar-refractivity contribution is 7.03. The third-order valence-corrected chi connectivity index (χ3v) is 3.25. The number of carboxylic acid groups (broad SMARTS) is 1. The Morgan fingerprint density at radius 3 is 2.62 bits per heavy atom. The van der Waals surface area contributed by atoms with Crippen LogP contribution >= 0.6 is 11.5 Å². The molecule has 0 unspecified atom stereocenters. The summed E-state index contributed by atoms with van der Waals surface area (Å²) in [7, 11) is 1.69. The summed E-state index contributed by atoms with van der Waals surface area (Å²) in [6.07, 6.45) is 2.60. The third kappa shape index (κ3) is 4.22. The van der Waals surface area contributed by atoms with E-state index in [1.165, 1.54) is 6.08 Å². The topological polar surface area (TPSA) is 83.4 Å². The number of amides is 1. The van der Waals surface area contributed by atoms with Crippen molar-refractivity contribution in [2.75, 3.05) is 7.05 Å². The second-order valence-electron chi connectivity index (χ2n) is 4.36. The summed E-state index contributed by atoms with van der Waals surface area (Å²) >= 11 is 1.14. The first kappa shape index (κ1) is 14.9. The van der Waals surface area contributed by atoms with E-state index in [4.69, 9.17) is 5.11 Å². The number of aliphatic carboxylic acids is 1. The monoisotopic (exact) mass is 303 g/mol. The molecule has 0 radical (unpaired) electrons. The predicted octanol–water partition coefficient (Wildman–Crippen LogP) is 1.91. The Balaban J connectivity index is 2.00. The number of benzene rings is 1. The Morgan fingerprint density at radius 2 is 2.05 bits per heavy atom. The molecule has 6 nitrogen and oxygen atoms in total. The van der Waals surface area contributed by atoms with E-state index in [1.54, 1.807) is 29.5 Å². The number of carbonyl (C=O) groups is 2. The molecule has 1 heterocycles. The lowest BCUT2D eigenvalue weighted by Crippen LogP contribution is -2.26. The van der Waals surface area contributed by atoms with Crippen LogP contribution in [0.5, 0.6) is 0 Å². The van der Waals surface area contributed by atoms with E-state index < -0.39 is 5.97 Å². The summed E-state index contributed by atoms with van der Waals surface area (Å²) in [6.45, 7) is 0.444. The summed E-state index contributed by atoms with van der Waals surface area (Å²) < 4.78 is 3.67. The Hall–Kier alpha value is -2.54. The van der Waals surface area contributed by atoms with E-state index in [2.05, 4.69) is 9.59 Å². The van der Waals surface area contributed by atoms with Gasteiger partial charge in [-0.1, -0.05) is 28.8 Å². The molecular formula is C14H13N3O3S. The molecule has 0 aliphatic heterocycles. The third-order valence-electron chi connectivity index (χ3n) is 2.74. The second-order valence-corrected chi connectivity index (χ2v) is 4.97. The predicted molar refractivity (Wildman–Crippen MR) is 78.8 cm³/mol. The van der Waals surface area contributed by atoms with Gasteiger partial charge < -0.3 is 10.0 Å². The fraction of sp³-hybridized carbons (Fsp3) is 0.143. The van der Waals surface area contributed by atoms with Gasteiger partial charge in [0.05, 0.1) is 0 Å².